The first-order valence-corrected chi connectivity index (χ1v) is 26.1. The average Bonchev–Trinajstić information content (AvgIpc) is 3.24. The van der Waals surface area contributed by atoms with Crippen LogP contribution in [-0.2, 0) is 27.9 Å². The minimum absolute atomic E-state index is 0.0759. The summed E-state index contributed by atoms with van der Waals surface area (Å²) in [4.78, 5) is 22.9. The SMILES string of the molecule is CC/C=C\C/C=C\C/C=C\C/C=C\C/C=C\C/C=C\CCCCCCCCCOCC(COP(=O)(O)OCC[N+](C)(C)C)OC(=O)CCCCCCC/C=C\C/C=C\C/C=C\CC. The number of ether oxygens (including phenoxy) is 2. The highest BCUT2D eigenvalue weighted by atomic mass is 31.2. The maximum absolute atomic E-state index is 12.7. The van der Waals surface area contributed by atoms with E-state index in [1.165, 1.54) is 25.7 Å². The molecule has 0 spiro atoms. The lowest BCUT2D eigenvalue weighted by molar-refractivity contribution is -0.870. The van der Waals surface area contributed by atoms with E-state index in [1.807, 2.05) is 21.1 Å². The predicted octanol–water partition coefficient (Wildman–Crippen LogP) is 15.2. The van der Waals surface area contributed by atoms with Gasteiger partial charge in [0.15, 0.2) is 0 Å². The number of likely N-dealkylation sites (N-methyl/N-ethyl adjacent to an activating group) is 1. The fraction of sp³-hybridized carbons (Fsp3) is 0.648. The number of rotatable bonds is 44. The molecule has 2 unspecified atom stereocenters. The van der Waals surface area contributed by atoms with Gasteiger partial charge in [0, 0.05) is 13.0 Å². The molecule has 0 fully saturated rings. The van der Waals surface area contributed by atoms with Crippen LogP contribution < -0.4 is 0 Å². The molecule has 0 bridgehead atoms. The highest BCUT2D eigenvalue weighted by molar-refractivity contribution is 7.47. The molecule has 1 N–H and O–H groups in total. The Kier molecular flexibility index (Phi) is 43.7. The summed E-state index contributed by atoms with van der Waals surface area (Å²) in [6.45, 7) is 5.31. The molecule has 0 radical (unpaired) electrons. The topological polar surface area (TPSA) is 91.3 Å². The maximum atomic E-state index is 12.7. The number of quaternary nitrogens is 1. The van der Waals surface area contributed by atoms with Crippen LogP contribution in [0, 0.1) is 0 Å². The van der Waals surface area contributed by atoms with E-state index in [0.717, 1.165) is 122 Å². The summed E-state index contributed by atoms with van der Waals surface area (Å²) >= 11 is 0. The molecule has 360 valence electrons. The van der Waals surface area contributed by atoms with E-state index in [0.29, 0.717) is 24.1 Å². The standard InChI is InChI=1S/C54H92NO7P/c1-6-8-10-12-14-16-18-20-22-23-24-25-26-27-28-29-30-31-32-34-36-38-40-42-44-46-49-59-51-53(52-61-63(57,58)60-50-48-55(3,4)5)62-54(56)47-45-43-41-39-37-35-33-21-19-17-15-13-11-9-7-2/h8-11,14-17,20-22,24-25,27-28,30-31,33,53H,6-7,12-13,18-19,23,26,29,32,34-52H2,1-5H3/p+1/b10-8-,11-9-,16-14-,17-15-,22-20-,25-24-,28-27-,31-30-,33-21-. The molecule has 0 aromatic carbocycles. The van der Waals surface area contributed by atoms with E-state index in [4.69, 9.17) is 18.5 Å². The zero-order valence-electron chi connectivity index (χ0n) is 40.8. The van der Waals surface area contributed by atoms with E-state index in [2.05, 4.69) is 123 Å². The van der Waals surface area contributed by atoms with Crippen molar-refractivity contribution in [2.45, 2.75) is 174 Å². The summed E-state index contributed by atoms with van der Waals surface area (Å²) in [5.74, 6) is -0.340. The third-order valence-corrected chi connectivity index (χ3v) is 10.8. The Hall–Kier alpha value is -2.84. The van der Waals surface area contributed by atoms with Crippen LogP contribution in [0.2, 0.25) is 0 Å². The van der Waals surface area contributed by atoms with Gasteiger partial charge in [0.05, 0.1) is 34.4 Å². The van der Waals surface area contributed by atoms with Gasteiger partial charge in [0.2, 0.25) is 0 Å². The number of nitrogens with zero attached hydrogens (tertiary/aromatic N) is 1. The number of unbranched alkanes of at least 4 members (excludes halogenated alkanes) is 12. The van der Waals surface area contributed by atoms with Gasteiger partial charge in [-0.1, -0.05) is 175 Å². The van der Waals surface area contributed by atoms with Crippen LogP contribution >= 0.6 is 7.82 Å². The highest BCUT2D eigenvalue weighted by Gasteiger charge is 2.26. The lowest BCUT2D eigenvalue weighted by Gasteiger charge is -2.24. The number of hydrogen-bond acceptors (Lipinski definition) is 6. The lowest BCUT2D eigenvalue weighted by atomic mass is 10.1. The van der Waals surface area contributed by atoms with E-state index >= 15 is 0 Å². The summed E-state index contributed by atoms with van der Waals surface area (Å²) in [6.07, 6.45) is 64.2. The van der Waals surface area contributed by atoms with Crippen LogP contribution in [0.25, 0.3) is 0 Å². The second-order valence-corrected chi connectivity index (χ2v) is 18.5. The first-order chi connectivity index (χ1) is 30.6. The normalized spacial score (nSPS) is 14.6. The monoisotopic (exact) mass is 899 g/mol. The van der Waals surface area contributed by atoms with Crippen molar-refractivity contribution >= 4 is 13.8 Å². The summed E-state index contributed by atoms with van der Waals surface area (Å²) in [5.41, 5.74) is 0. The van der Waals surface area contributed by atoms with Crippen LogP contribution in [0.4, 0.5) is 0 Å². The minimum atomic E-state index is -4.30. The molecule has 2 atom stereocenters. The Morgan fingerprint density at radius 2 is 0.873 bits per heavy atom. The van der Waals surface area contributed by atoms with Crippen molar-refractivity contribution in [1.29, 1.82) is 0 Å². The van der Waals surface area contributed by atoms with Crippen LogP contribution in [0.1, 0.15) is 168 Å². The third kappa shape index (κ3) is 50.0. The number of carbonyl (C=O) groups excluding carboxylic acids is 1. The second kappa shape index (κ2) is 45.7. The smallest absolute Gasteiger partial charge is 0.457 e. The number of phosphoric ester groups is 1. The average molecular weight is 899 g/mol. The van der Waals surface area contributed by atoms with Gasteiger partial charge in [0.25, 0.3) is 0 Å². The van der Waals surface area contributed by atoms with E-state index in [-0.39, 0.29) is 25.8 Å². The molecular formula is C54H93NO7P+. The largest absolute Gasteiger partial charge is 0.472 e. The van der Waals surface area contributed by atoms with Gasteiger partial charge in [-0.25, -0.2) is 4.57 Å². The number of allylic oxidation sites excluding steroid dienone is 18. The molecule has 0 saturated heterocycles. The third-order valence-electron chi connectivity index (χ3n) is 9.83. The quantitative estimate of drug-likeness (QED) is 0.0214. The van der Waals surface area contributed by atoms with E-state index in [9.17, 15) is 14.3 Å². The van der Waals surface area contributed by atoms with Crippen LogP contribution in [-0.4, -0.2) is 75.6 Å². The molecule has 0 amide bonds. The number of hydrogen-bond donors (Lipinski definition) is 1. The van der Waals surface area contributed by atoms with Crippen LogP contribution in [0.15, 0.2) is 109 Å². The van der Waals surface area contributed by atoms with Gasteiger partial charge in [-0.2, -0.15) is 0 Å². The first kappa shape index (κ1) is 60.2. The minimum Gasteiger partial charge on any atom is -0.457 e. The van der Waals surface area contributed by atoms with Crippen molar-refractivity contribution in [3.8, 4) is 0 Å². The number of phosphoric acid groups is 1. The molecule has 0 aliphatic carbocycles. The molecule has 0 saturated carbocycles. The van der Waals surface area contributed by atoms with E-state index < -0.39 is 13.9 Å². The van der Waals surface area contributed by atoms with Crippen molar-refractivity contribution in [2.75, 3.05) is 54.1 Å². The zero-order valence-corrected chi connectivity index (χ0v) is 41.7. The molecule has 9 heteroatoms. The summed E-state index contributed by atoms with van der Waals surface area (Å²) in [5, 5.41) is 0. The fourth-order valence-electron chi connectivity index (χ4n) is 6.10. The van der Waals surface area contributed by atoms with Gasteiger partial charge in [-0.3, -0.25) is 13.8 Å². The fourth-order valence-corrected chi connectivity index (χ4v) is 6.84. The number of esters is 1. The molecule has 0 aliphatic heterocycles. The molecule has 0 aromatic rings. The van der Waals surface area contributed by atoms with Crippen LogP contribution in [0.3, 0.4) is 0 Å². The van der Waals surface area contributed by atoms with Crippen molar-refractivity contribution in [3.05, 3.63) is 109 Å². The maximum Gasteiger partial charge on any atom is 0.472 e. The first-order valence-electron chi connectivity index (χ1n) is 24.6. The molecule has 8 nitrogen and oxygen atoms in total. The Morgan fingerprint density at radius 3 is 1.30 bits per heavy atom. The van der Waals surface area contributed by atoms with Crippen LogP contribution in [0.5, 0.6) is 0 Å². The Labute approximate surface area is 387 Å². The summed E-state index contributed by atoms with van der Waals surface area (Å²) in [6, 6.07) is 0. The Morgan fingerprint density at radius 1 is 0.492 bits per heavy atom. The van der Waals surface area contributed by atoms with Crippen molar-refractivity contribution in [2.24, 2.45) is 0 Å². The molecule has 63 heavy (non-hydrogen) atoms. The molecule has 0 heterocycles. The van der Waals surface area contributed by atoms with E-state index in [1.54, 1.807) is 0 Å². The molecule has 0 aromatic heterocycles. The van der Waals surface area contributed by atoms with Crippen molar-refractivity contribution < 1.29 is 37.3 Å². The van der Waals surface area contributed by atoms with Gasteiger partial charge >= 0.3 is 13.8 Å². The molecule has 0 aliphatic rings. The second-order valence-electron chi connectivity index (χ2n) is 17.1. The lowest BCUT2D eigenvalue weighted by Crippen LogP contribution is -2.37. The molecule has 0 rings (SSSR count). The number of carbonyl (C=O) groups is 1. The zero-order chi connectivity index (χ0) is 46.2. The Bertz CT molecular complexity index is 1370. The van der Waals surface area contributed by atoms with Crippen molar-refractivity contribution in [3.63, 3.8) is 0 Å². The van der Waals surface area contributed by atoms with Gasteiger partial charge in [-0.05, 0) is 96.3 Å². The highest BCUT2D eigenvalue weighted by Crippen LogP contribution is 2.43. The Balaban J connectivity index is 4.21. The van der Waals surface area contributed by atoms with Crippen molar-refractivity contribution in [1.82, 2.24) is 0 Å². The molecular weight excluding hydrogens is 806 g/mol. The van der Waals surface area contributed by atoms with Gasteiger partial charge < -0.3 is 18.9 Å². The van der Waals surface area contributed by atoms with Gasteiger partial charge in [0.1, 0.15) is 19.3 Å². The van der Waals surface area contributed by atoms with Gasteiger partial charge in [-0.15, -0.1) is 0 Å². The summed E-state index contributed by atoms with van der Waals surface area (Å²) in [7, 11) is 1.63. The predicted molar refractivity (Wildman–Crippen MR) is 270 cm³/mol. The summed E-state index contributed by atoms with van der Waals surface area (Å²) < 4.78 is 35.1.